The second kappa shape index (κ2) is 10.7. The van der Waals surface area contributed by atoms with E-state index < -0.39 is 15.1 Å². The Labute approximate surface area is 171 Å². The summed E-state index contributed by atoms with van der Waals surface area (Å²) in [6, 6.07) is 0. The van der Waals surface area contributed by atoms with Crippen molar-refractivity contribution in [3.05, 3.63) is 11.9 Å². The zero-order chi connectivity index (χ0) is 20.7. The second-order valence-corrected chi connectivity index (χ2v) is 10.9. The van der Waals surface area contributed by atoms with Gasteiger partial charge in [0.15, 0.2) is 0 Å². The van der Waals surface area contributed by atoms with Gasteiger partial charge in [0.25, 0.3) is 0 Å². The molecule has 0 amide bonds. The Hall–Kier alpha value is -0.960. The van der Waals surface area contributed by atoms with Gasteiger partial charge < -0.3 is 14.2 Å². The summed E-state index contributed by atoms with van der Waals surface area (Å²) >= 11 is 0. The number of morpholine rings is 1. The van der Waals surface area contributed by atoms with Gasteiger partial charge in [0.05, 0.1) is 30.4 Å². The minimum absolute atomic E-state index is 0.222. The highest BCUT2D eigenvalue weighted by atomic mass is 32.2. The van der Waals surface area contributed by atoms with Crippen LogP contribution < -0.4 is 0 Å². The number of aromatic nitrogens is 2. The molecule has 0 atom stereocenters. The summed E-state index contributed by atoms with van der Waals surface area (Å²) in [6.45, 7) is 14.9. The van der Waals surface area contributed by atoms with Crippen LogP contribution in [0.25, 0.3) is 0 Å². The average Bonchev–Trinajstić information content (AvgIpc) is 3.03. The first-order chi connectivity index (χ1) is 13.2. The summed E-state index contributed by atoms with van der Waals surface area (Å²) in [5.74, 6) is 0.510. The van der Waals surface area contributed by atoms with Gasteiger partial charge in [-0.2, -0.15) is 0 Å². The lowest BCUT2D eigenvalue weighted by Gasteiger charge is -2.27. The number of sulfone groups is 1. The maximum Gasteiger partial charge on any atom is 0.228 e. The van der Waals surface area contributed by atoms with Crippen molar-refractivity contribution >= 4 is 9.84 Å². The van der Waals surface area contributed by atoms with E-state index in [9.17, 15) is 8.42 Å². The minimum atomic E-state index is -3.39. The maximum absolute atomic E-state index is 12.7. The van der Waals surface area contributed by atoms with Crippen molar-refractivity contribution in [1.29, 1.82) is 0 Å². The van der Waals surface area contributed by atoms with Gasteiger partial charge in [-0.3, -0.25) is 4.90 Å². The molecule has 7 nitrogen and oxygen atoms in total. The molecule has 0 spiro atoms. The van der Waals surface area contributed by atoms with Crippen LogP contribution in [0.4, 0.5) is 0 Å². The molecule has 2 rings (SSSR count). The van der Waals surface area contributed by atoms with Crippen molar-refractivity contribution in [3.8, 4) is 0 Å². The Morgan fingerprint density at radius 2 is 1.86 bits per heavy atom. The fraction of sp³-hybridized carbons (Fsp3) is 0.850. The standard InChI is InChI=1S/C20H38N4O3S/c1-17(2)7-10-24-19(15-21-20(24)28(25,26)18(3)4)16-22(5)8-6-9-23-11-13-27-14-12-23/h15,17-18H,6-14,16H2,1-5H3. The molecule has 0 radical (unpaired) electrons. The van der Waals surface area contributed by atoms with Gasteiger partial charge in [0.2, 0.25) is 15.0 Å². The van der Waals surface area contributed by atoms with Crippen LogP contribution in [0.2, 0.25) is 0 Å². The van der Waals surface area contributed by atoms with Crippen LogP contribution in [0.5, 0.6) is 0 Å². The summed E-state index contributed by atoms with van der Waals surface area (Å²) in [5, 5.41) is -0.244. The van der Waals surface area contributed by atoms with Crippen LogP contribution >= 0.6 is 0 Å². The topological polar surface area (TPSA) is 67.7 Å². The van der Waals surface area contributed by atoms with Crippen LogP contribution in [0.15, 0.2) is 11.4 Å². The third kappa shape index (κ3) is 6.54. The van der Waals surface area contributed by atoms with E-state index in [2.05, 4.69) is 35.7 Å². The highest BCUT2D eigenvalue weighted by molar-refractivity contribution is 7.91. The molecular weight excluding hydrogens is 376 g/mol. The van der Waals surface area contributed by atoms with Crippen LogP contribution in [-0.4, -0.2) is 79.5 Å². The van der Waals surface area contributed by atoms with Gasteiger partial charge >= 0.3 is 0 Å². The number of hydrogen-bond acceptors (Lipinski definition) is 6. The second-order valence-electron chi connectivity index (χ2n) is 8.51. The number of ether oxygens (including phenoxy) is 1. The molecule has 1 aromatic rings. The van der Waals surface area contributed by atoms with E-state index in [4.69, 9.17) is 4.74 Å². The number of rotatable bonds is 11. The molecule has 2 heterocycles. The molecule has 0 saturated carbocycles. The van der Waals surface area contributed by atoms with Gasteiger partial charge in [0, 0.05) is 26.2 Å². The first kappa shape index (κ1) is 23.3. The molecule has 1 aliphatic rings. The molecule has 1 saturated heterocycles. The molecule has 1 fully saturated rings. The predicted octanol–water partition coefficient (Wildman–Crippen LogP) is 2.27. The molecule has 0 bridgehead atoms. The summed E-state index contributed by atoms with van der Waals surface area (Å²) in [7, 11) is -1.29. The Balaban J connectivity index is 2.01. The highest BCUT2D eigenvalue weighted by Crippen LogP contribution is 2.19. The lowest BCUT2D eigenvalue weighted by atomic mass is 10.1. The van der Waals surface area contributed by atoms with E-state index >= 15 is 0 Å². The third-order valence-corrected chi connectivity index (χ3v) is 7.33. The van der Waals surface area contributed by atoms with Crippen LogP contribution in [0, 0.1) is 5.92 Å². The monoisotopic (exact) mass is 414 g/mol. The summed E-state index contributed by atoms with van der Waals surface area (Å²) in [4.78, 5) is 9.02. The van der Waals surface area contributed by atoms with E-state index in [0.29, 0.717) is 19.0 Å². The normalized spacial score (nSPS) is 16.6. The van der Waals surface area contributed by atoms with Crippen LogP contribution in [0.3, 0.4) is 0 Å². The lowest BCUT2D eigenvalue weighted by molar-refractivity contribution is 0.0363. The zero-order valence-corrected chi connectivity index (χ0v) is 19.0. The van der Waals surface area contributed by atoms with Gasteiger partial charge in [0.1, 0.15) is 0 Å². The molecule has 1 aliphatic heterocycles. The highest BCUT2D eigenvalue weighted by Gasteiger charge is 2.27. The van der Waals surface area contributed by atoms with Crippen molar-refractivity contribution in [2.24, 2.45) is 5.92 Å². The van der Waals surface area contributed by atoms with Crippen molar-refractivity contribution in [1.82, 2.24) is 19.4 Å². The zero-order valence-electron chi connectivity index (χ0n) is 18.2. The first-order valence-corrected chi connectivity index (χ1v) is 12.0. The molecular formula is C20H38N4O3S. The van der Waals surface area contributed by atoms with Crippen molar-refractivity contribution in [2.45, 2.75) is 64.0 Å². The molecule has 1 aromatic heterocycles. The number of imidazole rings is 1. The maximum atomic E-state index is 12.7. The minimum Gasteiger partial charge on any atom is -0.379 e. The Morgan fingerprint density at radius 3 is 2.46 bits per heavy atom. The molecule has 8 heteroatoms. The van der Waals surface area contributed by atoms with E-state index in [0.717, 1.165) is 57.9 Å². The molecule has 0 aromatic carbocycles. The largest absolute Gasteiger partial charge is 0.379 e. The van der Waals surface area contributed by atoms with Crippen molar-refractivity contribution in [2.75, 3.05) is 46.4 Å². The first-order valence-electron chi connectivity index (χ1n) is 10.5. The van der Waals surface area contributed by atoms with E-state index in [1.54, 1.807) is 20.0 Å². The van der Waals surface area contributed by atoms with Crippen molar-refractivity contribution < 1.29 is 13.2 Å². The molecule has 0 unspecified atom stereocenters. The Bertz CT molecular complexity index is 694. The molecule has 28 heavy (non-hydrogen) atoms. The smallest absolute Gasteiger partial charge is 0.228 e. The van der Waals surface area contributed by atoms with E-state index in [1.165, 1.54) is 0 Å². The third-order valence-electron chi connectivity index (χ3n) is 5.26. The SMILES string of the molecule is CC(C)CCn1c(CN(C)CCCN2CCOCC2)cnc1S(=O)(=O)C(C)C. The molecule has 0 N–H and O–H groups in total. The molecule has 0 aliphatic carbocycles. The molecule has 162 valence electrons. The van der Waals surface area contributed by atoms with E-state index in [1.807, 2.05) is 4.57 Å². The number of nitrogens with zero attached hydrogens (tertiary/aromatic N) is 4. The summed E-state index contributed by atoms with van der Waals surface area (Å²) in [5.41, 5.74) is 0.980. The fourth-order valence-electron chi connectivity index (χ4n) is 3.33. The fourth-order valence-corrected chi connectivity index (χ4v) is 4.46. The van der Waals surface area contributed by atoms with E-state index in [-0.39, 0.29) is 5.16 Å². The van der Waals surface area contributed by atoms with Gasteiger partial charge in [-0.15, -0.1) is 0 Å². The van der Waals surface area contributed by atoms with Crippen molar-refractivity contribution in [3.63, 3.8) is 0 Å². The Kier molecular flexibility index (Phi) is 8.92. The van der Waals surface area contributed by atoms with Gasteiger partial charge in [-0.25, -0.2) is 13.4 Å². The van der Waals surface area contributed by atoms with Crippen LogP contribution in [0.1, 0.15) is 46.2 Å². The van der Waals surface area contributed by atoms with Gasteiger partial charge in [-0.05, 0) is 52.7 Å². The summed E-state index contributed by atoms with van der Waals surface area (Å²) < 4.78 is 32.8. The Morgan fingerprint density at radius 1 is 1.18 bits per heavy atom. The average molecular weight is 415 g/mol. The van der Waals surface area contributed by atoms with Gasteiger partial charge in [-0.1, -0.05) is 13.8 Å². The predicted molar refractivity (Wildman–Crippen MR) is 112 cm³/mol. The summed E-state index contributed by atoms with van der Waals surface area (Å²) in [6.07, 6.45) is 3.77. The lowest BCUT2D eigenvalue weighted by Crippen LogP contribution is -2.37. The van der Waals surface area contributed by atoms with Crippen LogP contribution in [-0.2, 0) is 27.7 Å². The number of hydrogen-bond donors (Lipinski definition) is 0. The quantitative estimate of drug-likeness (QED) is 0.553.